The number of aromatic nitrogens is 2. The Morgan fingerprint density at radius 2 is 1.86 bits per heavy atom. The fourth-order valence-electron chi connectivity index (χ4n) is 3.01. The summed E-state index contributed by atoms with van der Waals surface area (Å²) in [7, 11) is 1.56. The number of halogens is 2. The first-order valence-corrected chi connectivity index (χ1v) is 9.17. The second-order valence-electron chi connectivity index (χ2n) is 6.32. The standard InChI is InChI=1S/C22H16ClFN2O3/c1-28-19-8-6-13(21-25-18-5-3-2-4-16(18)22(27)26-21)10-14(19)12-29-20-9-7-15(24)11-17(20)23/h2-11H,12H2,1H3,(H,25,26,27). The first kappa shape index (κ1) is 19.0. The van der Waals surface area contributed by atoms with Gasteiger partial charge in [0.25, 0.3) is 5.56 Å². The molecule has 0 amide bonds. The maximum absolute atomic E-state index is 13.2. The quantitative estimate of drug-likeness (QED) is 0.504. The molecule has 0 fully saturated rings. The zero-order valence-electron chi connectivity index (χ0n) is 15.4. The molecule has 0 saturated carbocycles. The van der Waals surface area contributed by atoms with Gasteiger partial charge in [-0.05, 0) is 48.5 Å². The molecule has 4 rings (SSSR count). The van der Waals surface area contributed by atoms with Crippen molar-refractivity contribution in [2.75, 3.05) is 7.11 Å². The fraction of sp³-hybridized carbons (Fsp3) is 0.0909. The van der Waals surface area contributed by atoms with Crippen molar-refractivity contribution < 1.29 is 13.9 Å². The van der Waals surface area contributed by atoms with Crippen LogP contribution in [0.4, 0.5) is 4.39 Å². The van der Waals surface area contributed by atoms with Crippen LogP contribution in [0.15, 0.2) is 65.5 Å². The van der Waals surface area contributed by atoms with Crippen LogP contribution >= 0.6 is 11.6 Å². The number of H-pyrrole nitrogens is 1. The van der Waals surface area contributed by atoms with Gasteiger partial charge in [0.05, 0.1) is 23.0 Å². The number of hydrogen-bond acceptors (Lipinski definition) is 4. The molecule has 0 aliphatic heterocycles. The lowest BCUT2D eigenvalue weighted by Crippen LogP contribution is -2.09. The molecule has 0 saturated heterocycles. The van der Waals surface area contributed by atoms with Gasteiger partial charge in [0, 0.05) is 11.1 Å². The predicted molar refractivity (Wildman–Crippen MR) is 110 cm³/mol. The number of fused-ring (bicyclic) bond motifs is 1. The zero-order valence-corrected chi connectivity index (χ0v) is 16.2. The van der Waals surface area contributed by atoms with Gasteiger partial charge in [0.2, 0.25) is 0 Å². The van der Waals surface area contributed by atoms with Gasteiger partial charge >= 0.3 is 0 Å². The van der Waals surface area contributed by atoms with Gasteiger partial charge in [-0.1, -0.05) is 23.7 Å². The summed E-state index contributed by atoms with van der Waals surface area (Å²) in [4.78, 5) is 19.7. The summed E-state index contributed by atoms with van der Waals surface area (Å²) in [5, 5.41) is 0.708. The van der Waals surface area contributed by atoms with Crippen molar-refractivity contribution >= 4 is 22.5 Å². The van der Waals surface area contributed by atoms with Crippen LogP contribution in [0.2, 0.25) is 5.02 Å². The average Bonchev–Trinajstić information content (AvgIpc) is 2.73. The van der Waals surface area contributed by atoms with Crippen molar-refractivity contribution in [3.05, 3.63) is 87.4 Å². The highest BCUT2D eigenvalue weighted by Gasteiger charge is 2.11. The van der Waals surface area contributed by atoms with E-state index < -0.39 is 5.82 Å². The summed E-state index contributed by atoms with van der Waals surface area (Å²) in [6, 6.07) is 16.5. The number of ether oxygens (including phenoxy) is 2. The monoisotopic (exact) mass is 410 g/mol. The number of hydrogen-bond donors (Lipinski definition) is 1. The summed E-state index contributed by atoms with van der Waals surface area (Å²) in [6.45, 7) is 0.139. The summed E-state index contributed by atoms with van der Waals surface area (Å²) < 4.78 is 24.4. The molecular weight excluding hydrogens is 395 g/mol. The van der Waals surface area contributed by atoms with Crippen LogP contribution in [-0.4, -0.2) is 17.1 Å². The van der Waals surface area contributed by atoms with Crippen LogP contribution in [0.5, 0.6) is 11.5 Å². The summed E-state index contributed by atoms with van der Waals surface area (Å²) in [6.07, 6.45) is 0. The number of benzene rings is 3. The van der Waals surface area contributed by atoms with Crippen molar-refractivity contribution in [3.63, 3.8) is 0 Å². The molecule has 0 aliphatic carbocycles. The van der Waals surface area contributed by atoms with Gasteiger partial charge in [0.1, 0.15) is 29.7 Å². The minimum atomic E-state index is -0.437. The molecular formula is C22H16ClFN2O3. The number of para-hydroxylation sites is 1. The van der Waals surface area contributed by atoms with Crippen LogP contribution < -0.4 is 15.0 Å². The van der Waals surface area contributed by atoms with E-state index in [4.69, 9.17) is 21.1 Å². The smallest absolute Gasteiger partial charge is 0.259 e. The second kappa shape index (κ2) is 7.93. The molecule has 0 atom stereocenters. The third-order valence-corrected chi connectivity index (χ3v) is 4.74. The van der Waals surface area contributed by atoms with E-state index in [0.29, 0.717) is 33.8 Å². The van der Waals surface area contributed by atoms with Gasteiger partial charge in [-0.3, -0.25) is 4.79 Å². The van der Waals surface area contributed by atoms with E-state index >= 15 is 0 Å². The number of nitrogens with zero attached hydrogens (tertiary/aromatic N) is 1. The van der Waals surface area contributed by atoms with Crippen molar-refractivity contribution in [2.45, 2.75) is 6.61 Å². The van der Waals surface area contributed by atoms with Gasteiger partial charge in [-0.15, -0.1) is 0 Å². The zero-order chi connectivity index (χ0) is 20.4. The summed E-state index contributed by atoms with van der Waals surface area (Å²) in [5.74, 6) is 0.971. The molecule has 0 bridgehead atoms. The normalized spacial score (nSPS) is 10.9. The lowest BCUT2D eigenvalue weighted by molar-refractivity contribution is 0.296. The Morgan fingerprint density at radius 1 is 1.07 bits per heavy atom. The van der Waals surface area contributed by atoms with E-state index in [0.717, 1.165) is 5.56 Å². The molecule has 1 heterocycles. The largest absolute Gasteiger partial charge is 0.496 e. The lowest BCUT2D eigenvalue weighted by Gasteiger charge is -2.13. The van der Waals surface area contributed by atoms with Crippen LogP contribution in [0.25, 0.3) is 22.3 Å². The van der Waals surface area contributed by atoms with Crippen LogP contribution in [0, 0.1) is 5.82 Å². The first-order chi connectivity index (χ1) is 14.0. The van der Waals surface area contributed by atoms with E-state index in [1.54, 1.807) is 37.4 Å². The highest BCUT2D eigenvalue weighted by Crippen LogP contribution is 2.29. The Labute approximate surface area is 170 Å². The van der Waals surface area contributed by atoms with Gasteiger partial charge in [-0.2, -0.15) is 0 Å². The molecule has 3 aromatic carbocycles. The van der Waals surface area contributed by atoms with Gasteiger partial charge in [0.15, 0.2) is 0 Å². The minimum Gasteiger partial charge on any atom is -0.496 e. The molecule has 1 aromatic heterocycles. The minimum absolute atomic E-state index is 0.139. The van der Waals surface area contributed by atoms with E-state index in [1.807, 2.05) is 12.1 Å². The number of methoxy groups -OCH3 is 1. The SMILES string of the molecule is COc1ccc(-c2nc3ccccc3c(=O)[nH]2)cc1COc1ccc(F)cc1Cl. The average molecular weight is 411 g/mol. The summed E-state index contributed by atoms with van der Waals surface area (Å²) >= 11 is 6.02. The highest BCUT2D eigenvalue weighted by atomic mass is 35.5. The third-order valence-electron chi connectivity index (χ3n) is 4.44. The summed E-state index contributed by atoms with van der Waals surface area (Å²) in [5.41, 5.74) is 1.83. The molecule has 0 spiro atoms. The Bertz CT molecular complexity index is 1260. The molecule has 5 nitrogen and oxygen atoms in total. The van der Waals surface area contributed by atoms with E-state index in [1.165, 1.54) is 18.2 Å². The Balaban J connectivity index is 1.69. The maximum atomic E-state index is 13.2. The molecule has 0 unspecified atom stereocenters. The Morgan fingerprint density at radius 3 is 2.66 bits per heavy atom. The van der Waals surface area contributed by atoms with Gasteiger partial charge < -0.3 is 14.5 Å². The molecule has 29 heavy (non-hydrogen) atoms. The van der Waals surface area contributed by atoms with Crippen LogP contribution in [-0.2, 0) is 6.61 Å². The fourth-order valence-corrected chi connectivity index (χ4v) is 3.23. The number of nitrogens with one attached hydrogen (secondary N) is 1. The topological polar surface area (TPSA) is 64.2 Å². The van der Waals surface area contributed by atoms with E-state index in [2.05, 4.69) is 9.97 Å². The molecule has 1 N–H and O–H groups in total. The highest BCUT2D eigenvalue weighted by molar-refractivity contribution is 6.32. The molecule has 146 valence electrons. The molecule has 0 aliphatic rings. The van der Waals surface area contributed by atoms with E-state index in [9.17, 15) is 9.18 Å². The second-order valence-corrected chi connectivity index (χ2v) is 6.73. The maximum Gasteiger partial charge on any atom is 0.259 e. The molecule has 4 aromatic rings. The van der Waals surface area contributed by atoms with Gasteiger partial charge in [-0.25, -0.2) is 9.37 Å². The molecule has 0 radical (unpaired) electrons. The lowest BCUT2D eigenvalue weighted by atomic mass is 10.1. The van der Waals surface area contributed by atoms with Crippen molar-refractivity contribution in [1.29, 1.82) is 0 Å². The Kier molecular flexibility index (Phi) is 5.18. The van der Waals surface area contributed by atoms with Crippen LogP contribution in [0.3, 0.4) is 0 Å². The first-order valence-electron chi connectivity index (χ1n) is 8.79. The third kappa shape index (κ3) is 3.93. The molecule has 7 heteroatoms. The number of aromatic amines is 1. The van der Waals surface area contributed by atoms with E-state index in [-0.39, 0.29) is 17.2 Å². The number of rotatable bonds is 5. The van der Waals surface area contributed by atoms with Crippen LogP contribution in [0.1, 0.15) is 5.56 Å². The predicted octanol–water partition coefficient (Wildman–Crippen LogP) is 4.97. The van der Waals surface area contributed by atoms with Crippen molar-refractivity contribution in [1.82, 2.24) is 9.97 Å². The van der Waals surface area contributed by atoms with Crippen molar-refractivity contribution in [2.24, 2.45) is 0 Å². The Hall–Kier alpha value is -3.38. The van der Waals surface area contributed by atoms with Crippen molar-refractivity contribution in [3.8, 4) is 22.9 Å².